The predicted octanol–water partition coefficient (Wildman–Crippen LogP) is 5.52. The molecule has 46 heavy (non-hydrogen) atoms. The van der Waals surface area contributed by atoms with Gasteiger partial charge in [0.15, 0.2) is 0 Å². The molecule has 10 nitrogen and oxygen atoms in total. The number of nitrogens with zero attached hydrogens (tertiary/aromatic N) is 4. The number of amides is 2. The third-order valence-electron chi connectivity index (χ3n) is 10.0. The van der Waals surface area contributed by atoms with Gasteiger partial charge in [-0.1, -0.05) is 55.7 Å². The largest absolute Gasteiger partial charge is 0.442 e. The molecule has 3 fully saturated rings. The van der Waals surface area contributed by atoms with Crippen LogP contribution < -0.4 is 5.32 Å². The lowest BCUT2D eigenvalue weighted by Crippen LogP contribution is -2.64. The van der Waals surface area contributed by atoms with Gasteiger partial charge in [0.1, 0.15) is 17.2 Å². The van der Waals surface area contributed by atoms with Gasteiger partial charge in [-0.05, 0) is 77.0 Å². The van der Waals surface area contributed by atoms with Crippen molar-refractivity contribution in [2.24, 2.45) is 0 Å². The van der Waals surface area contributed by atoms with E-state index in [-0.39, 0.29) is 11.8 Å². The van der Waals surface area contributed by atoms with Crippen LogP contribution in [0, 0.1) is 0 Å². The smallest absolute Gasteiger partial charge is 0.435 e. The van der Waals surface area contributed by atoms with Gasteiger partial charge in [0.25, 0.3) is 0 Å². The zero-order valence-electron chi connectivity index (χ0n) is 27.3. The number of anilines is 1. The topological polar surface area (TPSA) is 117 Å². The minimum absolute atomic E-state index is 0.0503. The Bertz CT molecular complexity index is 1560. The van der Waals surface area contributed by atoms with Crippen LogP contribution in [0.2, 0.25) is 0 Å². The van der Waals surface area contributed by atoms with Crippen molar-refractivity contribution in [1.29, 1.82) is 0 Å². The van der Waals surface area contributed by atoms with Crippen LogP contribution >= 0.6 is 0 Å². The summed E-state index contributed by atoms with van der Waals surface area (Å²) in [7, 11) is 0. The quantitative estimate of drug-likeness (QED) is 0.369. The van der Waals surface area contributed by atoms with Crippen LogP contribution in [0.15, 0.2) is 54.7 Å². The molecule has 1 saturated carbocycles. The van der Waals surface area contributed by atoms with Gasteiger partial charge in [-0.25, -0.2) is 4.79 Å². The fourth-order valence-corrected chi connectivity index (χ4v) is 7.68. The maximum absolute atomic E-state index is 14.6. The summed E-state index contributed by atoms with van der Waals surface area (Å²) in [5, 5.41) is 19.4. The van der Waals surface area contributed by atoms with Gasteiger partial charge in [0.05, 0.1) is 23.0 Å². The molecule has 0 unspecified atom stereocenters. The molecule has 3 aliphatic rings. The Labute approximate surface area is 271 Å². The van der Waals surface area contributed by atoms with Gasteiger partial charge in [0, 0.05) is 31.4 Å². The van der Waals surface area contributed by atoms with E-state index in [1.54, 1.807) is 45.2 Å². The number of likely N-dealkylation sites (tertiary alicyclic amines) is 2. The third-order valence-corrected chi connectivity index (χ3v) is 10.0. The van der Waals surface area contributed by atoms with Crippen LogP contribution in [0.4, 0.5) is 10.5 Å². The first-order valence-corrected chi connectivity index (χ1v) is 16.8. The number of carbonyl (C=O) groups excluding carboxylic acids is 3. The van der Waals surface area contributed by atoms with E-state index in [0.717, 1.165) is 44.1 Å². The molecule has 1 aliphatic carbocycles. The minimum Gasteiger partial charge on any atom is -0.442 e. The molecule has 2 amide bonds. The van der Waals surface area contributed by atoms with E-state index in [4.69, 9.17) is 4.74 Å². The van der Waals surface area contributed by atoms with E-state index in [1.165, 1.54) is 4.68 Å². The highest BCUT2D eigenvalue weighted by atomic mass is 16.6. The van der Waals surface area contributed by atoms with Gasteiger partial charge < -0.3 is 20.1 Å². The maximum Gasteiger partial charge on any atom is 0.435 e. The number of carbonyl (C=O) groups is 3. The summed E-state index contributed by atoms with van der Waals surface area (Å²) in [6.45, 7) is 7.25. The molecule has 0 bridgehead atoms. The predicted molar refractivity (Wildman–Crippen MR) is 176 cm³/mol. The van der Waals surface area contributed by atoms with E-state index in [0.29, 0.717) is 61.9 Å². The van der Waals surface area contributed by atoms with Crippen molar-refractivity contribution < 1.29 is 24.2 Å². The molecule has 1 atom stereocenters. The number of hydrogen-bond donors (Lipinski definition) is 2. The number of ether oxygens (including phenoxy) is 1. The normalized spacial score (nSPS) is 21.7. The van der Waals surface area contributed by atoms with Crippen LogP contribution in [0.25, 0.3) is 10.9 Å². The monoisotopic (exact) mass is 629 g/mol. The molecular formula is C36H47N5O5. The van der Waals surface area contributed by atoms with E-state index in [2.05, 4.69) is 27.4 Å². The summed E-state index contributed by atoms with van der Waals surface area (Å²) in [4.78, 5) is 45.4. The molecule has 246 valence electrons. The number of nitrogens with one attached hydrogen (secondary N) is 1. The second kappa shape index (κ2) is 12.8. The highest BCUT2D eigenvalue weighted by Crippen LogP contribution is 2.41. The van der Waals surface area contributed by atoms with Crippen LogP contribution in [0.3, 0.4) is 0 Å². The molecule has 3 heterocycles. The molecule has 0 radical (unpaired) electrons. The van der Waals surface area contributed by atoms with Crippen molar-refractivity contribution in [3.63, 3.8) is 0 Å². The van der Waals surface area contributed by atoms with Crippen molar-refractivity contribution >= 4 is 34.5 Å². The zero-order chi connectivity index (χ0) is 32.5. The third kappa shape index (κ3) is 6.55. The SMILES string of the molecule is CC(C)(C)OC(=O)n1ncc2c(NC(=O)[C@H]3CCCN3C(=O)C3(N4CCC(O)(Cc5ccccc5)CC4)CCCCC3)cccc21. The Hall–Kier alpha value is -3.76. The highest BCUT2D eigenvalue weighted by molar-refractivity contribution is 6.05. The zero-order valence-corrected chi connectivity index (χ0v) is 27.3. The number of fused-ring (bicyclic) bond motifs is 1. The summed E-state index contributed by atoms with van der Waals surface area (Å²) in [5.74, 6) is -0.181. The van der Waals surface area contributed by atoms with Crippen molar-refractivity contribution in [2.75, 3.05) is 25.0 Å². The summed E-state index contributed by atoms with van der Waals surface area (Å²) in [5.41, 5.74) is 0.0882. The molecule has 3 aromatic rings. The number of aliphatic hydroxyl groups is 1. The Balaban J connectivity index is 1.17. The van der Waals surface area contributed by atoms with Crippen LogP contribution in [0.1, 0.15) is 84.1 Å². The summed E-state index contributed by atoms with van der Waals surface area (Å²) in [6.07, 6.45) is 8.76. The standard InChI is InChI=1S/C36H47N5O5/c1-34(2,3)46-33(44)41-29-15-10-14-28(27(29)25-37-41)38-31(42)30-16-11-21-40(30)32(43)36(17-8-5-9-18-36)39-22-19-35(45,20-23-39)24-26-12-6-4-7-13-26/h4,6-7,10,12-15,25,30,45H,5,8-9,11,16-24H2,1-3H3,(H,38,42)/t30-/m1/s1. The van der Waals surface area contributed by atoms with Gasteiger partial charge in [-0.3, -0.25) is 14.5 Å². The van der Waals surface area contributed by atoms with Gasteiger partial charge in [0.2, 0.25) is 11.8 Å². The minimum atomic E-state index is -0.787. The number of hydrogen-bond acceptors (Lipinski definition) is 7. The molecule has 10 heteroatoms. The second-order valence-electron chi connectivity index (χ2n) is 14.4. The molecule has 2 aromatic carbocycles. The number of rotatable bonds is 6. The van der Waals surface area contributed by atoms with Crippen molar-refractivity contribution in [3.8, 4) is 0 Å². The molecule has 0 spiro atoms. The number of aromatic nitrogens is 2. The Kier molecular flexibility index (Phi) is 8.95. The van der Waals surface area contributed by atoms with Crippen molar-refractivity contribution in [1.82, 2.24) is 19.6 Å². The van der Waals surface area contributed by atoms with E-state index in [1.807, 2.05) is 23.1 Å². The highest BCUT2D eigenvalue weighted by Gasteiger charge is 2.51. The van der Waals surface area contributed by atoms with E-state index >= 15 is 0 Å². The van der Waals surface area contributed by atoms with Crippen LogP contribution in [-0.4, -0.2) is 85.0 Å². The summed E-state index contributed by atoms with van der Waals surface area (Å²) in [6, 6.07) is 14.8. The Morgan fingerprint density at radius 1 is 0.935 bits per heavy atom. The average Bonchev–Trinajstić information content (AvgIpc) is 3.70. The first-order valence-electron chi connectivity index (χ1n) is 16.8. The van der Waals surface area contributed by atoms with Crippen LogP contribution in [-0.2, 0) is 20.7 Å². The van der Waals surface area contributed by atoms with Crippen molar-refractivity contribution in [2.45, 2.75) is 108 Å². The van der Waals surface area contributed by atoms with Crippen molar-refractivity contribution in [3.05, 3.63) is 60.3 Å². The van der Waals surface area contributed by atoms with E-state index in [9.17, 15) is 19.5 Å². The first kappa shape index (κ1) is 32.2. The van der Waals surface area contributed by atoms with Gasteiger partial charge in [-0.2, -0.15) is 9.78 Å². The molecule has 1 aromatic heterocycles. The summed E-state index contributed by atoms with van der Waals surface area (Å²) >= 11 is 0. The lowest BCUT2D eigenvalue weighted by atomic mass is 9.76. The molecular weight excluding hydrogens is 582 g/mol. The Morgan fingerprint density at radius 3 is 2.35 bits per heavy atom. The number of benzene rings is 2. The van der Waals surface area contributed by atoms with Gasteiger partial charge >= 0.3 is 6.09 Å². The molecule has 2 N–H and O–H groups in total. The molecule has 2 saturated heterocycles. The fourth-order valence-electron chi connectivity index (χ4n) is 7.68. The fraction of sp³-hybridized carbons (Fsp3) is 0.556. The first-order chi connectivity index (χ1) is 22.0. The van der Waals surface area contributed by atoms with Crippen LogP contribution in [0.5, 0.6) is 0 Å². The lowest BCUT2D eigenvalue weighted by molar-refractivity contribution is -0.154. The average molecular weight is 630 g/mol. The summed E-state index contributed by atoms with van der Waals surface area (Å²) < 4.78 is 6.70. The lowest BCUT2D eigenvalue weighted by Gasteiger charge is -2.51. The second-order valence-corrected chi connectivity index (χ2v) is 14.4. The Morgan fingerprint density at radius 2 is 1.65 bits per heavy atom. The molecule has 2 aliphatic heterocycles. The van der Waals surface area contributed by atoms with Gasteiger partial charge in [-0.15, -0.1) is 0 Å². The van der Waals surface area contributed by atoms with E-state index < -0.39 is 28.9 Å². The number of piperidine rings is 1. The maximum atomic E-state index is 14.6. The molecule has 6 rings (SSSR count).